The predicted molar refractivity (Wildman–Crippen MR) is 61.2 cm³/mol. The lowest BCUT2D eigenvalue weighted by molar-refractivity contribution is -0.121. The van der Waals surface area contributed by atoms with Crippen molar-refractivity contribution in [3.05, 3.63) is 12.8 Å². The Bertz CT molecular complexity index is 183. The molecule has 0 heterocycles. The summed E-state index contributed by atoms with van der Waals surface area (Å²) in [6.07, 6.45) is 3.63. The van der Waals surface area contributed by atoms with Crippen molar-refractivity contribution in [2.24, 2.45) is 11.7 Å². The first-order valence-electron chi connectivity index (χ1n) is 5.40. The van der Waals surface area contributed by atoms with Crippen molar-refractivity contribution in [1.29, 1.82) is 0 Å². The highest BCUT2D eigenvalue weighted by atomic mass is 16.5. The van der Waals surface area contributed by atoms with E-state index in [1.165, 1.54) is 6.26 Å². The number of carbonyl (C=O) groups excluding carboxylic acids is 1. The van der Waals surface area contributed by atoms with Crippen LogP contribution in [0.4, 0.5) is 0 Å². The third kappa shape index (κ3) is 9.28. The van der Waals surface area contributed by atoms with E-state index in [-0.39, 0.29) is 5.91 Å². The average Bonchev–Trinajstić information content (AvgIpc) is 2.25. The molecule has 4 heteroatoms. The number of amides is 1. The summed E-state index contributed by atoms with van der Waals surface area (Å²) >= 11 is 0. The van der Waals surface area contributed by atoms with E-state index < -0.39 is 0 Å². The molecule has 0 spiro atoms. The maximum Gasteiger partial charge on any atom is 0.220 e. The van der Waals surface area contributed by atoms with Gasteiger partial charge in [0.25, 0.3) is 0 Å². The van der Waals surface area contributed by atoms with Crippen LogP contribution in [0.3, 0.4) is 0 Å². The van der Waals surface area contributed by atoms with Crippen LogP contribution in [0.1, 0.15) is 26.2 Å². The van der Waals surface area contributed by atoms with Gasteiger partial charge in [-0.15, -0.1) is 0 Å². The van der Waals surface area contributed by atoms with Crippen molar-refractivity contribution in [3.8, 4) is 0 Å². The summed E-state index contributed by atoms with van der Waals surface area (Å²) in [5.74, 6) is 0.508. The zero-order valence-corrected chi connectivity index (χ0v) is 9.50. The Kier molecular flexibility index (Phi) is 8.87. The van der Waals surface area contributed by atoms with E-state index in [1.807, 2.05) is 6.92 Å². The number of nitrogens with one attached hydrogen (secondary N) is 1. The second kappa shape index (κ2) is 9.52. The summed E-state index contributed by atoms with van der Waals surface area (Å²) in [6, 6.07) is 0. The fraction of sp³-hybridized carbons (Fsp3) is 0.727. The predicted octanol–water partition coefficient (Wildman–Crippen LogP) is 1.03. The van der Waals surface area contributed by atoms with Crippen LogP contribution >= 0.6 is 0 Å². The second-order valence-electron chi connectivity index (χ2n) is 3.62. The van der Waals surface area contributed by atoms with Gasteiger partial charge < -0.3 is 15.8 Å². The van der Waals surface area contributed by atoms with Crippen LogP contribution in [-0.4, -0.2) is 25.6 Å². The van der Waals surface area contributed by atoms with Crippen molar-refractivity contribution in [1.82, 2.24) is 5.32 Å². The molecule has 0 aliphatic carbocycles. The minimum absolute atomic E-state index is 0.0916. The molecule has 0 aliphatic heterocycles. The van der Waals surface area contributed by atoms with Gasteiger partial charge in [-0.05, 0) is 25.3 Å². The van der Waals surface area contributed by atoms with Crippen LogP contribution in [0, 0.1) is 5.92 Å². The molecule has 1 atom stereocenters. The van der Waals surface area contributed by atoms with E-state index >= 15 is 0 Å². The van der Waals surface area contributed by atoms with Gasteiger partial charge in [0.1, 0.15) is 0 Å². The van der Waals surface area contributed by atoms with E-state index in [1.54, 1.807) is 0 Å². The Balaban J connectivity index is 3.29. The average molecular weight is 214 g/mol. The molecule has 0 saturated carbocycles. The first-order chi connectivity index (χ1) is 7.20. The van der Waals surface area contributed by atoms with Gasteiger partial charge in [0, 0.05) is 13.0 Å². The Hall–Kier alpha value is -1.03. The van der Waals surface area contributed by atoms with Crippen LogP contribution in [0.25, 0.3) is 0 Å². The number of hydrogen-bond donors (Lipinski definition) is 2. The summed E-state index contributed by atoms with van der Waals surface area (Å²) in [5.41, 5.74) is 5.46. The minimum atomic E-state index is 0.0916. The zero-order valence-electron chi connectivity index (χ0n) is 9.50. The van der Waals surface area contributed by atoms with Gasteiger partial charge in [-0.3, -0.25) is 4.79 Å². The van der Waals surface area contributed by atoms with E-state index in [4.69, 9.17) is 10.5 Å². The van der Waals surface area contributed by atoms with E-state index in [2.05, 4.69) is 11.9 Å². The van der Waals surface area contributed by atoms with Crippen LogP contribution in [0.2, 0.25) is 0 Å². The van der Waals surface area contributed by atoms with Crippen molar-refractivity contribution in [2.45, 2.75) is 26.2 Å². The molecule has 0 radical (unpaired) electrons. The molecule has 0 aliphatic rings. The Morgan fingerprint density at radius 2 is 2.40 bits per heavy atom. The highest BCUT2D eigenvalue weighted by Gasteiger charge is 2.04. The molecule has 4 nitrogen and oxygen atoms in total. The number of ether oxygens (including phenoxy) is 1. The smallest absolute Gasteiger partial charge is 0.220 e. The summed E-state index contributed by atoms with van der Waals surface area (Å²) in [5, 5.41) is 2.83. The van der Waals surface area contributed by atoms with E-state index in [9.17, 15) is 4.79 Å². The molecule has 0 fully saturated rings. The molecule has 15 heavy (non-hydrogen) atoms. The van der Waals surface area contributed by atoms with E-state index in [0.29, 0.717) is 32.0 Å². The lowest BCUT2D eigenvalue weighted by Gasteiger charge is -2.08. The van der Waals surface area contributed by atoms with Gasteiger partial charge in [0.05, 0.1) is 12.9 Å². The fourth-order valence-corrected chi connectivity index (χ4v) is 1.05. The Labute approximate surface area is 91.9 Å². The largest absolute Gasteiger partial charge is 0.502 e. The van der Waals surface area contributed by atoms with Crippen molar-refractivity contribution in [3.63, 3.8) is 0 Å². The second-order valence-corrected chi connectivity index (χ2v) is 3.62. The molecular weight excluding hydrogens is 192 g/mol. The summed E-state index contributed by atoms with van der Waals surface area (Å²) in [6.45, 7) is 7.37. The quantitative estimate of drug-likeness (QED) is 0.445. The van der Waals surface area contributed by atoms with Gasteiger partial charge >= 0.3 is 0 Å². The van der Waals surface area contributed by atoms with Crippen LogP contribution in [-0.2, 0) is 9.53 Å². The minimum Gasteiger partial charge on any atom is -0.502 e. The van der Waals surface area contributed by atoms with Crippen LogP contribution < -0.4 is 11.1 Å². The number of hydrogen-bond acceptors (Lipinski definition) is 3. The highest BCUT2D eigenvalue weighted by molar-refractivity contribution is 5.75. The lowest BCUT2D eigenvalue weighted by Crippen LogP contribution is -2.26. The molecule has 0 saturated heterocycles. The Morgan fingerprint density at radius 1 is 1.67 bits per heavy atom. The monoisotopic (exact) mass is 214 g/mol. The van der Waals surface area contributed by atoms with Gasteiger partial charge in [0.15, 0.2) is 0 Å². The maximum atomic E-state index is 11.3. The van der Waals surface area contributed by atoms with Crippen molar-refractivity contribution in [2.75, 3.05) is 19.7 Å². The van der Waals surface area contributed by atoms with Crippen molar-refractivity contribution < 1.29 is 9.53 Å². The molecule has 0 aromatic heterocycles. The summed E-state index contributed by atoms with van der Waals surface area (Å²) < 4.78 is 4.93. The zero-order chi connectivity index (χ0) is 11.5. The molecule has 1 amide bonds. The van der Waals surface area contributed by atoms with Crippen LogP contribution in [0.5, 0.6) is 0 Å². The summed E-state index contributed by atoms with van der Waals surface area (Å²) in [7, 11) is 0. The standard InChI is InChI=1S/C11H22N2O2/c1-3-15-8-4-7-13-11(14)6-5-10(2)9-12/h3,10H,1,4-9,12H2,2H3,(H,13,14). The van der Waals surface area contributed by atoms with E-state index in [0.717, 1.165) is 12.8 Å². The number of rotatable bonds is 9. The first kappa shape index (κ1) is 14.0. The van der Waals surface area contributed by atoms with Gasteiger partial charge in [-0.2, -0.15) is 0 Å². The molecule has 0 aromatic rings. The molecule has 88 valence electrons. The summed E-state index contributed by atoms with van der Waals surface area (Å²) in [4.78, 5) is 11.3. The lowest BCUT2D eigenvalue weighted by atomic mass is 10.1. The van der Waals surface area contributed by atoms with Gasteiger partial charge in [-0.25, -0.2) is 0 Å². The maximum absolute atomic E-state index is 11.3. The third-order valence-corrected chi connectivity index (χ3v) is 2.15. The first-order valence-corrected chi connectivity index (χ1v) is 5.40. The molecule has 3 N–H and O–H groups in total. The molecular formula is C11H22N2O2. The van der Waals surface area contributed by atoms with Crippen LogP contribution in [0.15, 0.2) is 12.8 Å². The Morgan fingerprint density at radius 3 is 3.00 bits per heavy atom. The molecule has 1 unspecified atom stereocenters. The normalized spacial score (nSPS) is 11.9. The van der Waals surface area contributed by atoms with Gasteiger partial charge in [-0.1, -0.05) is 13.5 Å². The SMILES string of the molecule is C=COCCCNC(=O)CCC(C)CN. The fourth-order valence-electron chi connectivity index (χ4n) is 1.05. The van der Waals surface area contributed by atoms with Crippen molar-refractivity contribution >= 4 is 5.91 Å². The third-order valence-electron chi connectivity index (χ3n) is 2.15. The molecule has 0 aromatic carbocycles. The topological polar surface area (TPSA) is 64.3 Å². The highest BCUT2D eigenvalue weighted by Crippen LogP contribution is 2.02. The van der Waals surface area contributed by atoms with Gasteiger partial charge in [0.2, 0.25) is 5.91 Å². The number of nitrogens with two attached hydrogens (primary N) is 1. The molecule has 0 bridgehead atoms. The number of carbonyl (C=O) groups is 1. The molecule has 0 rings (SSSR count).